The molecule has 74 valence electrons. The van der Waals surface area contributed by atoms with Crippen molar-refractivity contribution in [1.29, 1.82) is 0 Å². The van der Waals surface area contributed by atoms with Gasteiger partial charge in [-0.3, -0.25) is 0 Å². The van der Waals surface area contributed by atoms with Gasteiger partial charge < -0.3 is 9.94 Å². The summed E-state index contributed by atoms with van der Waals surface area (Å²) in [6.45, 7) is 5.17. The average Bonchev–Trinajstić information content (AvgIpc) is 2.32. The number of carbonyl (C=O) groups is 1. The van der Waals surface area contributed by atoms with E-state index in [1.54, 1.807) is 20.8 Å². The molecular formula is C9H15NO3. The lowest BCUT2D eigenvalue weighted by molar-refractivity contribution is -0.518. The molecule has 0 N–H and O–H groups in total. The smallest absolute Gasteiger partial charge is 0.379 e. The molecule has 0 spiro atoms. The maximum absolute atomic E-state index is 11.5. The number of nitrogens with zero attached hydrogens (tertiary/aromatic N) is 1. The van der Waals surface area contributed by atoms with Crippen LogP contribution in [0.25, 0.3) is 0 Å². The van der Waals surface area contributed by atoms with Gasteiger partial charge in [0.2, 0.25) is 0 Å². The summed E-state index contributed by atoms with van der Waals surface area (Å²) < 4.78 is 5.71. The predicted molar refractivity (Wildman–Crippen MR) is 48.6 cm³/mol. The van der Waals surface area contributed by atoms with Crippen LogP contribution < -0.4 is 0 Å². The Hall–Kier alpha value is -1.06. The largest absolute Gasteiger partial charge is 0.623 e. The molecule has 0 saturated heterocycles. The van der Waals surface area contributed by atoms with Crippen LogP contribution in [-0.4, -0.2) is 28.6 Å². The van der Waals surface area contributed by atoms with Crippen molar-refractivity contribution in [3.63, 3.8) is 0 Å². The second-order valence-corrected chi connectivity index (χ2v) is 3.77. The Bertz CT molecular complexity index is 247. The van der Waals surface area contributed by atoms with Crippen LogP contribution >= 0.6 is 0 Å². The number of rotatable bonds is 2. The maximum atomic E-state index is 11.5. The minimum absolute atomic E-state index is 0.168. The molecule has 0 bridgehead atoms. The molecule has 1 unspecified atom stereocenters. The molecule has 0 aromatic heterocycles. The molecule has 1 atom stereocenters. The Morgan fingerprint density at radius 2 is 2.31 bits per heavy atom. The minimum Gasteiger partial charge on any atom is -0.623 e. The lowest BCUT2D eigenvalue weighted by Gasteiger charge is -2.22. The van der Waals surface area contributed by atoms with Crippen molar-refractivity contribution < 1.29 is 14.3 Å². The molecule has 0 radical (unpaired) electrons. The normalized spacial score (nSPS) is 27.5. The van der Waals surface area contributed by atoms with Gasteiger partial charge in [-0.2, -0.15) is 4.74 Å². The van der Waals surface area contributed by atoms with Gasteiger partial charge in [0.05, 0.1) is 6.10 Å². The summed E-state index contributed by atoms with van der Waals surface area (Å²) in [4.78, 5) is 11.5. The van der Waals surface area contributed by atoms with Crippen LogP contribution in [0.15, 0.2) is 0 Å². The highest BCUT2D eigenvalue weighted by atomic mass is 16.6. The zero-order chi connectivity index (χ0) is 10.1. The summed E-state index contributed by atoms with van der Waals surface area (Å²) >= 11 is 0. The van der Waals surface area contributed by atoms with Crippen LogP contribution in [0.5, 0.6) is 0 Å². The van der Waals surface area contributed by atoms with E-state index in [1.807, 2.05) is 0 Å². The Labute approximate surface area is 77.8 Å². The minimum atomic E-state index is -0.996. The van der Waals surface area contributed by atoms with E-state index in [-0.39, 0.29) is 6.10 Å². The summed E-state index contributed by atoms with van der Waals surface area (Å²) in [5.41, 5.74) is -0.996. The first-order chi connectivity index (χ1) is 5.97. The van der Waals surface area contributed by atoms with Gasteiger partial charge in [0.25, 0.3) is 5.54 Å². The average molecular weight is 185 g/mol. The van der Waals surface area contributed by atoms with E-state index in [2.05, 4.69) is 0 Å². The molecular weight excluding hydrogens is 170 g/mol. The maximum Gasteiger partial charge on any atom is 0.379 e. The first-order valence-electron chi connectivity index (χ1n) is 4.47. The van der Waals surface area contributed by atoms with E-state index in [1.165, 1.54) is 6.21 Å². The van der Waals surface area contributed by atoms with Crippen molar-refractivity contribution in [2.45, 2.75) is 45.3 Å². The Kier molecular flexibility index (Phi) is 2.59. The SMILES string of the molecule is CC(C)OC(=O)C1(C)CCC=[N+]1[O-]. The number of hydrogen-bond acceptors (Lipinski definition) is 3. The quantitative estimate of drug-likeness (QED) is 0.367. The molecule has 1 rings (SSSR count). The van der Waals surface area contributed by atoms with E-state index in [4.69, 9.17) is 4.74 Å². The molecule has 0 fully saturated rings. The summed E-state index contributed by atoms with van der Waals surface area (Å²) in [5.74, 6) is -0.425. The van der Waals surface area contributed by atoms with Crippen molar-refractivity contribution in [3.05, 3.63) is 5.21 Å². The highest BCUT2D eigenvalue weighted by Gasteiger charge is 2.46. The summed E-state index contributed by atoms with van der Waals surface area (Å²) in [7, 11) is 0. The van der Waals surface area contributed by atoms with Gasteiger partial charge in [0.1, 0.15) is 0 Å². The van der Waals surface area contributed by atoms with Crippen LogP contribution in [-0.2, 0) is 9.53 Å². The predicted octanol–water partition coefficient (Wildman–Crippen LogP) is 1.07. The van der Waals surface area contributed by atoms with Crippen molar-refractivity contribution in [3.8, 4) is 0 Å². The molecule has 13 heavy (non-hydrogen) atoms. The zero-order valence-corrected chi connectivity index (χ0v) is 8.24. The number of hydroxylamine groups is 1. The third-order valence-electron chi connectivity index (χ3n) is 2.19. The molecule has 0 saturated carbocycles. The first kappa shape index (κ1) is 10.0. The molecule has 1 aliphatic heterocycles. The van der Waals surface area contributed by atoms with Gasteiger partial charge in [0.15, 0.2) is 6.21 Å². The topological polar surface area (TPSA) is 52.4 Å². The second kappa shape index (κ2) is 3.36. The molecule has 0 amide bonds. The van der Waals surface area contributed by atoms with Gasteiger partial charge >= 0.3 is 5.97 Å². The lowest BCUT2D eigenvalue weighted by Crippen LogP contribution is -2.43. The Morgan fingerprint density at radius 3 is 2.69 bits per heavy atom. The fourth-order valence-corrected chi connectivity index (χ4v) is 1.31. The van der Waals surface area contributed by atoms with E-state index in [0.29, 0.717) is 17.6 Å². The third-order valence-corrected chi connectivity index (χ3v) is 2.19. The van der Waals surface area contributed by atoms with Crippen LogP contribution in [0.1, 0.15) is 33.6 Å². The first-order valence-corrected chi connectivity index (χ1v) is 4.47. The van der Waals surface area contributed by atoms with Crippen LogP contribution in [0.2, 0.25) is 0 Å². The van der Waals surface area contributed by atoms with Gasteiger partial charge in [-0.25, -0.2) is 4.79 Å². The number of esters is 1. The summed E-state index contributed by atoms with van der Waals surface area (Å²) in [6.07, 6.45) is 2.51. The van der Waals surface area contributed by atoms with E-state index in [0.717, 1.165) is 0 Å². The zero-order valence-electron chi connectivity index (χ0n) is 8.24. The fourth-order valence-electron chi connectivity index (χ4n) is 1.31. The molecule has 0 aromatic carbocycles. The molecule has 0 aliphatic carbocycles. The second-order valence-electron chi connectivity index (χ2n) is 3.77. The van der Waals surface area contributed by atoms with Crippen molar-refractivity contribution in [2.75, 3.05) is 0 Å². The van der Waals surface area contributed by atoms with Crippen LogP contribution in [0.4, 0.5) is 0 Å². The third kappa shape index (κ3) is 1.82. The van der Waals surface area contributed by atoms with Gasteiger partial charge in [0, 0.05) is 19.8 Å². The van der Waals surface area contributed by atoms with Gasteiger partial charge in [-0.05, 0) is 13.8 Å². The van der Waals surface area contributed by atoms with E-state index in [9.17, 15) is 10.0 Å². The van der Waals surface area contributed by atoms with E-state index >= 15 is 0 Å². The number of ether oxygens (including phenoxy) is 1. The van der Waals surface area contributed by atoms with Crippen LogP contribution in [0, 0.1) is 5.21 Å². The molecule has 0 aromatic rings. The molecule has 4 nitrogen and oxygen atoms in total. The highest BCUT2D eigenvalue weighted by Crippen LogP contribution is 2.23. The molecule has 1 aliphatic rings. The van der Waals surface area contributed by atoms with Gasteiger partial charge in [-0.15, -0.1) is 0 Å². The number of carbonyl (C=O) groups excluding carboxylic acids is 1. The van der Waals surface area contributed by atoms with E-state index < -0.39 is 11.5 Å². The monoisotopic (exact) mass is 185 g/mol. The highest BCUT2D eigenvalue weighted by molar-refractivity contribution is 5.81. The Balaban J connectivity index is 2.70. The Morgan fingerprint density at radius 1 is 1.69 bits per heavy atom. The van der Waals surface area contributed by atoms with Crippen molar-refractivity contribution >= 4 is 12.2 Å². The van der Waals surface area contributed by atoms with Crippen molar-refractivity contribution in [1.82, 2.24) is 0 Å². The lowest BCUT2D eigenvalue weighted by atomic mass is 10.00. The van der Waals surface area contributed by atoms with Crippen LogP contribution in [0.3, 0.4) is 0 Å². The van der Waals surface area contributed by atoms with Crippen molar-refractivity contribution in [2.24, 2.45) is 0 Å². The standard InChI is InChI=1S/C9H15NO3/c1-7(2)13-8(11)9(3)5-4-6-10(9)12/h6-7H,4-5H2,1-3H3. The summed E-state index contributed by atoms with van der Waals surface area (Å²) in [5, 5.41) is 11.3. The number of hydrogen-bond donors (Lipinski definition) is 0. The summed E-state index contributed by atoms with van der Waals surface area (Å²) in [6, 6.07) is 0. The molecule has 1 heterocycles. The molecule has 4 heteroatoms. The fraction of sp³-hybridized carbons (Fsp3) is 0.778. The van der Waals surface area contributed by atoms with Gasteiger partial charge in [-0.1, -0.05) is 0 Å².